The third-order valence-corrected chi connectivity index (χ3v) is 6.61. The molecule has 0 aromatic heterocycles. The molecule has 7 nitrogen and oxygen atoms in total. The van der Waals surface area contributed by atoms with Gasteiger partial charge in [0.15, 0.2) is 0 Å². The lowest BCUT2D eigenvalue weighted by molar-refractivity contribution is -0.155. The SMILES string of the molecule is CCOC(=O)C(C(C)=O)C1N(C)C(C)CN1S(=O)(=O)c1ccc(C)cc1. The fourth-order valence-corrected chi connectivity index (χ4v) is 4.90. The average molecular weight is 382 g/mol. The molecule has 8 heteroatoms. The molecule has 1 aromatic carbocycles. The van der Waals surface area contributed by atoms with Gasteiger partial charge in [0.05, 0.1) is 17.7 Å². The number of esters is 1. The van der Waals surface area contributed by atoms with Gasteiger partial charge >= 0.3 is 5.97 Å². The van der Waals surface area contributed by atoms with Crippen LogP contribution in [0.25, 0.3) is 0 Å². The molecule has 0 aliphatic carbocycles. The Morgan fingerprint density at radius 3 is 2.35 bits per heavy atom. The van der Waals surface area contributed by atoms with E-state index in [9.17, 15) is 18.0 Å². The molecule has 3 atom stereocenters. The highest BCUT2D eigenvalue weighted by atomic mass is 32.2. The van der Waals surface area contributed by atoms with E-state index in [0.717, 1.165) is 5.56 Å². The second-order valence-corrected chi connectivity index (χ2v) is 8.55. The molecule has 0 bridgehead atoms. The lowest BCUT2D eigenvalue weighted by atomic mass is 10.0. The van der Waals surface area contributed by atoms with Crippen LogP contribution in [-0.2, 0) is 24.3 Å². The van der Waals surface area contributed by atoms with Crippen LogP contribution in [0.1, 0.15) is 26.3 Å². The van der Waals surface area contributed by atoms with Crippen molar-refractivity contribution in [1.82, 2.24) is 9.21 Å². The zero-order valence-electron chi connectivity index (χ0n) is 15.8. The van der Waals surface area contributed by atoms with Crippen molar-refractivity contribution in [3.63, 3.8) is 0 Å². The Labute approximate surface area is 155 Å². The van der Waals surface area contributed by atoms with E-state index >= 15 is 0 Å². The van der Waals surface area contributed by atoms with Gasteiger partial charge in [0, 0.05) is 12.6 Å². The van der Waals surface area contributed by atoms with Crippen molar-refractivity contribution in [2.75, 3.05) is 20.2 Å². The molecule has 0 amide bonds. The number of hydrogen-bond donors (Lipinski definition) is 0. The highest BCUT2D eigenvalue weighted by Crippen LogP contribution is 2.32. The quantitative estimate of drug-likeness (QED) is 0.546. The van der Waals surface area contributed by atoms with Crippen LogP contribution < -0.4 is 0 Å². The van der Waals surface area contributed by atoms with Crippen molar-refractivity contribution < 1.29 is 22.7 Å². The normalized spacial score (nSPS) is 23.0. The molecule has 1 saturated heterocycles. The molecule has 1 fully saturated rings. The summed E-state index contributed by atoms with van der Waals surface area (Å²) in [5.74, 6) is -2.31. The van der Waals surface area contributed by atoms with Crippen LogP contribution in [0.5, 0.6) is 0 Å². The van der Waals surface area contributed by atoms with Crippen molar-refractivity contribution >= 4 is 21.8 Å². The molecule has 1 aromatic rings. The van der Waals surface area contributed by atoms with Crippen molar-refractivity contribution in [2.45, 2.75) is 44.8 Å². The van der Waals surface area contributed by atoms with E-state index in [2.05, 4.69) is 0 Å². The fourth-order valence-electron chi connectivity index (χ4n) is 3.18. The van der Waals surface area contributed by atoms with Crippen LogP contribution in [0.4, 0.5) is 0 Å². The minimum atomic E-state index is -3.87. The molecular weight excluding hydrogens is 356 g/mol. The molecule has 1 heterocycles. The van der Waals surface area contributed by atoms with E-state index in [1.54, 1.807) is 31.0 Å². The summed E-state index contributed by atoms with van der Waals surface area (Å²) in [7, 11) is -2.15. The first-order valence-corrected chi connectivity index (χ1v) is 10.0. The van der Waals surface area contributed by atoms with Crippen LogP contribution in [0.15, 0.2) is 29.2 Å². The minimum absolute atomic E-state index is 0.124. The average Bonchev–Trinajstić information content (AvgIpc) is 2.85. The maximum absolute atomic E-state index is 13.2. The number of ketones is 1. The Morgan fingerprint density at radius 2 is 1.85 bits per heavy atom. The van der Waals surface area contributed by atoms with Crippen molar-refractivity contribution in [3.05, 3.63) is 29.8 Å². The Bertz CT molecular complexity index is 775. The van der Waals surface area contributed by atoms with Gasteiger partial charge in [-0.25, -0.2) is 8.42 Å². The van der Waals surface area contributed by atoms with E-state index < -0.39 is 33.9 Å². The van der Waals surface area contributed by atoms with Crippen LogP contribution >= 0.6 is 0 Å². The van der Waals surface area contributed by atoms with Crippen molar-refractivity contribution in [3.8, 4) is 0 Å². The summed E-state index contributed by atoms with van der Waals surface area (Å²) in [6, 6.07) is 6.38. The van der Waals surface area contributed by atoms with Gasteiger partial charge in [0.1, 0.15) is 11.7 Å². The largest absolute Gasteiger partial charge is 0.465 e. The number of ether oxygens (including phenoxy) is 1. The predicted octanol–water partition coefficient (Wildman–Crippen LogP) is 1.41. The third-order valence-electron chi connectivity index (χ3n) is 4.76. The monoisotopic (exact) mass is 382 g/mol. The number of Topliss-reactive ketones (excluding diaryl/α,β-unsaturated/α-hetero) is 1. The van der Waals surface area contributed by atoms with E-state index in [-0.39, 0.29) is 24.1 Å². The number of carbonyl (C=O) groups is 2. The zero-order chi connectivity index (χ0) is 19.6. The molecule has 1 aliphatic heterocycles. The topological polar surface area (TPSA) is 84.0 Å². The van der Waals surface area contributed by atoms with Crippen LogP contribution in [0.3, 0.4) is 0 Å². The first kappa shape index (κ1) is 20.5. The number of carbonyl (C=O) groups excluding carboxylic acids is 2. The Balaban J connectivity index is 2.49. The molecule has 3 unspecified atom stereocenters. The van der Waals surface area contributed by atoms with Crippen molar-refractivity contribution in [2.24, 2.45) is 5.92 Å². The third kappa shape index (κ3) is 3.82. The molecule has 144 valence electrons. The second kappa shape index (κ2) is 7.85. The summed E-state index contributed by atoms with van der Waals surface area (Å²) >= 11 is 0. The molecule has 0 spiro atoms. The molecular formula is C18H26N2O5S. The molecule has 0 N–H and O–H groups in total. The number of nitrogens with zero attached hydrogens (tertiary/aromatic N) is 2. The summed E-state index contributed by atoms with van der Waals surface area (Å²) in [5.41, 5.74) is 0.945. The lowest BCUT2D eigenvalue weighted by Gasteiger charge is -2.32. The van der Waals surface area contributed by atoms with E-state index in [1.165, 1.54) is 23.4 Å². The lowest BCUT2D eigenvalue weighted by Crippen LogP contribution is -2.51. The standard InChI is InChI=1S/C18H26N2O5S/c1-6-25-18(22)16(14(4)21)17-19(5)13(3)11-20(17)26(23,24)15-9-7-12(2)8-10-15/h7-10,13,16-17H,6,11H2,1-5H3. The summed E-state index contributed by atoms with van der Waals surface area (Å²) < 4.78 is 32.7. The number of hydrogen-bond acceptors (Lipinski definition) is 6. The maximum atomic E-state index is 13.2. The number of sulfonamides is 1. The highest BCUT2D eigenvalue weighted by molar-refractivity contribution is 7.89. The van der Waals surface area contributed by atoms with Gasteiger partial charge in [-0.2, -0.15) is 4.31 Å². The number of likely N-dealkylation sites (N-methyl/N-ethyl adjacent to an activating group) is 1. The summed E-state index contributed by atoms with van der Waals surface area (Å²) in [5, 5.41) is 0. The van der Waals surface area contributed by atoms with E-state index in [4.69, 9.17) is 4.74 Å². The van der Waals surface area contributed by atoms with Gasteiger partial charge in [-0.1, -0.05) is 17.7 Å². The molecule has 2 rings (SSSR count). The first-order valence-electron chi connectivity index (χ1n) is 8.58. The minimum Gasteiger partial charge on any atom is -0.465 e. The summed E-state index contributed by atoms with van der Waals surface area (Å²) in [6.07, 6.45) is -0.909. The van der Waals surface area contributed by atoms with Crippen LogP contribution in [0, 0.1) is 12.8 Å². The van der Waals surface area contributed by atoms with Gasteiger partial charge in [-0.05, 0) is 46.9 Å². The number of rotatable bonds is 6. The molecule has 26 heavy (non-hydrogen) atoms. The smallest absolute Gasteiger partial charge is 0.319 e. The Morgan fingerprint density at radius 1 is 1.27 bits per heavy atom. The van der Waals surface area contributed by atoms with Gasteiger partial charge in [0.2, 0.25) is 10.0 Å². The highest BCUT2D eigenvalue weighted by Gasteiger charge is 2.50. The molecule has 0 saturated carbocycles. The van der Waals surface area contributed by atoms with Gasteiger partial charge in [-0.3, -0.25) is 14.5 Å². The summed E-state index contributed by atoms with van der Waals surface area (Å²) in [6.45, 7) is 6.99. The van der Waals surface area contributed by atoms with E-state index in [0.29, 0.717) is 0 Å². The Kier molecular flexibility index (Phi) is 6.21. The fraction of sp³-hybridized carbons (Fsp3) is 0.556. The number of aryl methyl sites for hydroxylation is 1. The maximum Gasteiger partial charge on any atom is 0.319 e. The van der Waals surface area contributed by atoms with Gasteiger partial charge in [-0.15, -0.1) is 0 Å². The molecule has 1 aliphatic rings. The van der Waals surface area contributed by atoms with Crippen LogP contribution in [0.2, 0.25) is 0 Å². The second-order valence-electron chi connectivity index (χ2n) is 6.66. The molecule has 0 radical (unpaired) electrons. The van der Waals surface area contributed by atoms with Crippen LogP contribution in [-0.4, -0.2) is 61.8 Å². The Hall–Kier alpha value is -1.77. The number of benzene rings is 1. The summed E-state index contributed by atoms with van der Waals surface area (Å²) in [4.78, 5) is 26.5. The van der Waals surface area contributed by atoms with E-state index in [1.807, 2.05) is 13.8 Å². The van der Waals surface area contributed by atoms with Gasteiger partial charge in [0.25, 0.3) is 0 Å². The van der Waals surface area contributed by atoms with Gasteiger partial charge < -0.3 is 4.74 Å². The van der Waals surface area contributed by atoms with Crippen molar-refractivity contribution in [1.29, 1.82) is 0 Å². The zero-order valence-corrected chi connectivity index (χ0v) is 16.6. The predicted molar refractivity (Wildman–Crippen MR) is 96.9 cm³/mol. The first-order chi connectivity index (χ1) is 12.1.